The van der Waals surface area contributed by atoms with Crippen LogP contribution in [0.2, 0.25) is 10.0 Å². The van der Waals surface area contributed by atoms with Crippen molar-refractivity contribution in [2.45, 2.75) is 57.1 Å². The molecule has 0 aliphatic rings. The van der Waals surface area contributed by atoms with Crippen molar-refractivity contribution in [2.75, 3.05) is 17.5 Å². The molecule has 1 atom stereocenters. The number of anilines is 1. The van der Waals surface area contributed by atoms with Crippen LogP contribution in [0.1, 0.15) is 38.8 Å². The van der Waals surface area contributed by atoms with Crippen molar-refractivity contribution in [1.29, 1.82) is 0 Å². The third kappa shape index (κ3) is 9.73. The number of carbonyl (C=O) groups is 2. The lowest BCUT2D eigenvalue weighted by Crippen LogP contribution is -2.56. The standard InChI is InChI=1S/C36H39Cl2N3O5S/c1-5-46-30-18-20-31(21-19-30)47(44,45)41(29-14-10-7-11-15-29)25-34(42)40(24-27-16-17-28(37)23-32(27)38)33(35(43)39-36(2,3)4)22-26-12-8-6-9-13-26/h6-21,23,33H,5,22,24-25H2,1-4H3,(H,39,43). The number of rotatable bonds is 13. The van der Waals surface area contributed by atoms with Gasteiger partial charge in [-0.1, -0.05) is 77.8 Å². The van der Waals surface area contributed by atoms with Crippen LogP contribution in [-0.2, 0) is 32.6 Å². The molecule has 11 heteroatoms. The van der Waals surface area contributed by atoms with Crippen LogP contribution in [0.4, 0.5) is 5.69 Å². The van der Waals surface area contributed by atoms with E-state index in [-0.39, 0.29) is 29.5 Å². The van der Waals surface area contributed by atoms with Gasteiger partial charge >= 0.3 is 0 Å². The van der Waals surface area contributed by atoms with E-state index in [9.17, 15) is 18.0 Å². The van der Waals surface area contributed by atoms with Crippen LogP contribution in [0, 0.1) is 0 Å². The molecule has 0 saturated carbocycles. The summed E-state index contributed by atoms with van der Waals surface area (Å²) in [6.07, 6.45) is 0.177. The molecule has 8 nitrogen and oxygen atoms in total. The Hall–Kier alpha value is -4.05. The van der Waals surface area contributed by atoms with E-state index in [4.69, 9.17) is 27.9 Å². The van der Waals surface area contributed by atoms with Crippen molar-refractivity contribution in [1.82, 2.24) is 10.2 Å². The van der Waals surface area contributed by atoms with Gasteiger partial charge < -0.3 is 15.0 Å². The van der Waals surface area contributed by atoms with E-state index in [1.54, 1.807) is 60.7 Å². The van der Waals surface area contributed by atoms with Crippen molar-refractivity contribution in [3.8, 4) is 5.75 Å². The average Bonchev–Trinajstić information content (AvgIpc) is 3.03. The third-order valence-electron chi connectivity index (χ3n) is 7.17. The van der Waals surface area contributed by atoms with E-state index in [1.807, 2.05) is 58.0 Å². The van der Waals surface area contributed by atoms with Crippen LogP contribution in [0.25, 0.3) is 0 Å². The highest BCUT2D eigenvalue weighted by atomic mass is 35.5. The fourth-order valence-corrected chi connectivity index (χ4v) is 6.85. The van der Waals surface area contributed by atoms with Crippen molar-refractivity contribution in [2.24, 2.45) is 0 Å². The predicted octanol–water partition coefficient (Wildman–Crippen LogP) is 7.14. The number of halogens is 2. The number of amides is 2. The Morgan fingerprint density at radius 2 is 1.49 bits per heavy atom. The van der Waals surface area contributed by atoms with Gasteiger partial charge in [-0.3, -0.25) is 13.9 Å². The summed E-state index contributed by atoms with van der Waals surface area (Å²) >= 11 is 12.8. The van der Waals surface area contributed by atoms with Gasteiger partial charge in [0.15, 0.2) is 0 Å². The Labute approximate surface area is 287 Å². The van der Waals surface area contributed by atoms with E-state index in [2.05, 4.69) is 5.32 Å². The van der Waals surface area contributed by atoms with Gasteiger partial charge in [0.1, 0.15) is 18.3 Å². The smallest absolute Gasteiger partial charge is 0.264 e. The quantitative estimate of drug-likeness (QED) is 0.160. The van der Waals surface area contributed by atoms with Gasteiger partial charge in [0.25, 0.3) is 10.0 Å². The summed E-state index contributed by atoms with van der Waals surface area (Å²) in [7, 11) is -4.25. The summed E-state index contributed by atoms with van der Waals surface area (Å²) in [4.78, 5) is 30.0. The summed E-state index contributed by atoms with van der Waals surface area (Å²) in [6, 6.07) is 27.7. The van der Waals surface area contributed by atoms with Crippen LogP contribution in [0.15, 0.2) is 108 Å². The maximum Gasteiger partial charge on any atom is 0.264 e. The Morgan fingerprint density at radius 1 is 0.872 bits per heavy atom. The fourth-order valence-electron chi connectivity index (χ4n) is 4.97. The topological polar surface area (TPSA) is 96.0 Å². The van der Waals surface area contributed by atoms with E-state index < -0.39 is 34.1 Å². The van der Waals surface area contributed by atoms with E-state index in [0.29, 0.717) is 28.0 Å². The molecular weight excluding hydrogens is 657 g/mol. The predicted molar refractivity (Wildman–Crippen MR) is 187 cm³/mol. The third-order valence-corrected chi connectivity index (χ3v) is 9.55. The maximum atomic E-state index is 14.6. The highest BCUT2D eigenvalue weighted by molar-refractivity contribution is 7.92. The van der Waals surface area contributed by atoms with Crippen LogP contribution in [0.5, 0.6) is 5.75 Å². The minimum atomic E-state index is -4.25. The van der Waals surface area contributed by atoms with Gasteiger partial charge in [-0.15, -0.1) is 0 Å². The molecule has 1 unspecified atom stereocenters. The first-order chi connectivity index (χ1) is 22.3. The lowest BCUT2D eigenvalue weighted by Gasteiger charge is -2.35. The van der Waals surface area contributed by atoms with Gasteiger partial charge in [0.2, 0.25) is 11.8 Å². The largest absolute Gasteiger partial charge is 0.494 e. The van der Waals surface area contributed by atoms with Crippen molar-refractivity contribution in [3.05, 3.63) is 124 Å². The minimum absolute atomic E-state index is 0.0174. The number of para-hydroxylation sites is 1. The first-order valence-corrected chi connectivity index (χ1v) is 17.4. The lowest BCUT2D eigenvalue weighted by atomic mass is 10.0. The molecule has 47 heavy (non-hydrogen) atoms. The molecule has 0 saturated heterocycles. The first kappa shape index (κ1) is 35.8. The normalized spacial score (nSPS) is 12.2. The highest BCUT2D eigenvalue weighted by Gasteiger charge is 2.36. The van der Waals surface area contributed by atoms with Crippen LogP contribution >= 0.6 is 23.2 Å². The molecule has 0 aromatic heterocycles. The molecule has 0 fully saturated rings. The summed E-state index contributed by atoms with van der Waals surface area (Å²) in [5, 5.41) is 3.74. The van der Waals surface area contributed by atoms with Crippen molar-refractivity contribution >= 4 is 50.7 Å². The van der Waals surface area contributed by atoms with Crippen molar-refractivity contribution < 1.29 is 22.7 Å². The van der Waals surface area contributed by atoms with E-state index in [1.165, 1.54) is 17.0 Å². The summed E-state index contributed by atoms with van der Waals surface area (Å²) in [5.41, 5.74) is 1.05. The number of nitrogens with one attached hydrogen (secondary N) is 1. The Kier molecular flexibility index (Phi) is 12.0. The second-order valence-corrected chi connectivity index (χ2v) is 14.7. The van der Waals surface area contributed by atoms with E-state index in [0.717, 1.165) is 9.87 Å². The summed E-state index contributed by atoms with van der Waals surface area (Å²) < 4.78 is 34.9. The lowest BCUT2D eigenvalue weighted by molar-refractivity contribution is -0.140. The van der Waals surface area contributed by atoms with Gasteiger partial charge in [0.05, 0.1) is 17.2 Å². The molecule has 248 valence electrons. The van der Waals surface area contributed by atoms with Gasteiger partial charge in [-0.25, -0.2) is 8.42 Å². The Bertz CT molecular complexity index is 1760. The molecule has 0 aliphatic carbocycles. The zero-order valence-electron chi connectivity index (χ0n) is 26.8. The zero-order valence-corrected chi connectivity index (χ0v) is 29.1. The number of hydrogen-bond donors (Lipinski definition) is 1. The molecule has 0 radical (unpaired) electrons. The number of nitrogens with zero attached hydrogens (tertiary/aromatic N) is 2. The summed E-state index contributed by atoms with van der Waals surface area (Å²) in [5.74, 6) is -0.465. The highest BCUT2D eigenvalue weighted by Crippen LogP contribution is 2.28. The van der Waals surface area contributed by atoms with Crippen molar-refractivity contribution in [3.63, 3.8) is 0 Å². The van der Waals surface area contributed by atoms with Crippen LogP contribution in [0.3, 0.4) is 0 Å². The van der Waals surface area contributed by atoms with Crippen LogP contribution < -0.4 is 14.4 Å². The SMILES string of the molecule is CCOc1ccc(S(=O)(=O)N(CC(=O)N(Cc2ccc(Cl)cc2Cl)C(Cc2ccccc2)C(=O)NC(C)(C)C)c2ccccc2)cc1. The molecule has 1 N–H and O–H groups in total. The molecule has 0 spiro atoms. The molecular formula is C36H39Cl2N3O5S. The Morgan fingerprint density at radius 3 is 2.06 bits per heavy atom. The van der Waals surface area contributed by atoms with Gasteiger partial charge in [0, 0.05) is 28.5 Å². The average molecular weight is 697 g/mol. The molecule has 4 rings (SSSR count). The zero-order chi connectivity index (χ0) is 34.2. The van der Waals surface area contributed by atoms with E-state index >= 15 is 0 Å². The summed E-state index contributed by atoms with van der Waals surface area (Å²) in [6.45, 7) is 7.17. The second kappa shape index (κ2) is 15.7. The fraction of sp³-hybridized carbons (Fsp3) is 0.278. The maximum absolute atomic E-state index is 14.6. The molecule has 4 aromatic carbocycles. The Balaban J connectivity index is 1.81. The molecule has 2 amide bonds. The number of hydrogen-bond acceptors (Lipinski definition) is 5. The molecule has 0 heterocycles. The minimum Gasteiger partial charge on any atom is -0.494 e. The molecule has 0 bridgehead atoms. The first-order valence-electron chi connectivity index (χ1n) is 15.2. The number of ether oxygens (including phenoxy) is 1. The van der Waals surface area contributed by atoms with Gasteiger partial charge in [-0.05, 0) is 87.4 Å². The molecule has 4 aromatic rings. The number of benzene rings is 4. The number of carbonyl (C=O) groups excluding carboxylic acids is 2. The monoisotopic (exact) mass is 695 g/mol. The number of sulfonamides is 1. The van der Waals surface area contributed by atoms with Crippen LogP contribution in [-0.4, -0.2) is 49.9 Å². The second-order valence-electron chi connectivity index (χ2n) is 12.0. The molecule has 0 aliphatic heterocycles. The van der Waals surface area contributed by atoms with Gasteiger partial charge in [-0.2, -0.15) is 0 Å².